The topological polar surface area (TPSA) is 21.3 Å². The first-order chi connectivity index (χ1) is 8.43. The lowest BCUT2D eigenvalue weighted by molar-refractivity contribution is 0.100. The van der Waals surface area contributed by atoms with E-state index in [-0.39, 0.29) is 0 Å². The summed E-state index contributed by atoms with van der Waals surface area (Å²) in [5.41, 5.74) is 0. The summed E-state index contributed by atoms with van der Waals surface area (Å²) in [7, 11) is 0. The number of ether oxygens (including phenoxy) is 1. The minimum atomic E-state index is 0.838. The standard InChI is InChI=1S/C15H27NO/c1-2-4-12(3-1)11-17-10-9-16-15(13-5-6-13)14-7-8-14/h12-16H,1-11H2. The highest BCUT2D eigenvalue weighted by molar-refractivity contribution is 4.96. The lowest BCUT2D eigenvalue weighted by atomic mass is 10.1. The van der Waals surface area contributed by atoms with Crippen LogP contribution in [0.3, 0.4) is 0 Å². The highest BCUT2D eigenvalue weighted by Crippen LogP contribution is 2.44. The normalized spacial score (nSPS) is 25.9. The number of hydrogen-bond acceptors (Lipinski definition) is 2. The molecule has 2 heteroatoms. The first-order valence-corrected chi connectivity index (χ1v) is 7.74. The van der Waals surface area contributed by atoms with Gasteiger partial charge in [-0.3, -0.25) is 0 Å². The van der Waals surface area contributed by atoms with E-state index in [0.29, 0.717) is 0 Å². The summed E-state index contributed by atoms with van der Waals surface area (Å²) < 4.78 is 5.81. The monoisotopic (exact) mass is 237 g/mol. The van der Waals surface area contributed by atoms with Crippen LogP contribution in [0.4, 0.5) is 0 Å². The Morgan fingerprint density at radius 3 is 2.18 bits per heavy atom. The summed E-state index contributed by atoms with van der Waals surface area (Å²) in [5, 5.41) is 3.74. The Balaban J connectivity index is 1.24. The maximum absolute atomic E-state index is 5.81. The molecule has 3 rings (SSSR count). The molecule has 0 spiro atoms. The smallest absolute Gasteiger partial charge is 0.0591 e. The fourth-order valence-electron chi connectivity index (χ4n) is 3.35. The highest BCUT2D eigenvalue weighted by Gasteiger charge is 2.40. The molecule has 0 aromatic heterocycles. The van der Waals surface area contributed by atoms with Crippen LogP contribution in [0.2, 0.25) is 0 Å². The lowest BCUT2D eigenvalue weighted by Gasteiger charge is -2.18. The van der Waals surface area contributed by atoms with E-state index < -0.39 is 0 Å². The van der Waals surface area contributed by atoms with Crippen molar-refractivity contribution in [2.75, 3.05) is 19.8 Å². The molecule has 17 heavy (non-hydrogen) atoms. The maximum Gasteiger partial charge on any atom is 0.0591 e. The van der Waals surface area contributed by atoms with Gasteiger partial charge in [0.15, 0.2) is 0 Å². The fraction of sp³-hybridized carbons (Fsp3) is 1.00. The zero-order valence-corrected chi connectivity index (χ0v) is 11.0. The predicted molar refractivity (Wildman–Crippen MR) is 70.0 cm³/mol. The zero-order chi connectivity index (χ0) is 11.5. The SMILES string of the molecule is C1CCC(COCCNC(C2CC2)C2CC2)C1. The van der Waals surface area contributed by atoms with E-state index in [9.17, 15) is 0 Å². The van der Waals surface area contributed by atoms with Gasteiger partial charge < -0.3 is 10.1 Å². The van der Waals surface area contributed by atoms with Crippen molar-refractivity contribution in [1.29, 1.82) is 0 Å². The van der Waals surface area contributed by atoms with Crippen LogP contribution < -0.4 is 5.32 Å². The molecule has 1 N–H and O–H groups in total. The lowest BCUT2D eigenvalue weighted by Crippen LogP contribution is -2.35. The molecule has 0 aromatic carbocycles. The van der Waals surface area contributed by atoms with Crippen LogP contribution in [0.25, 0.3) is 0 Å². The van der Waals surface area contributed by atoms with E-state index in [1.54, 1.807) is 0 Å². The second-order valence-corrected chi connectivity index (χ2v) is 6.38. The molecule has 2 nitrogen and oxygen atoms in total. The largest absolute Gasteiger partial charge is 0.380 e. The molecule has 0 aliphatic heterocycles. The van der Waals surface area contributed by atoms with Crippen LogP contribution in [0, 0.1) is 17.8 Å². The Labute approximate surface area is 105 Å². The van der Waals surface area contributed by atoms with Gasteiger partial charge in [0.2, 0.25) is 0 Å². The first kappa shape index (κ1) is 12.0. The van der Waals surface area contributed by atoms with Gasteiger partial charge in [-0.2, -0.15) is 0 Å². The van der Waals surface area contributed by atoms with Gasteiger partial charge in [-0.1, -0.05) is 12.8 Å². The van der Waals surface area contributed by atoms with Crippen molar-refractivity contribution in [2.24, 2.45) is 17.8 Å². The molecule has 3 aliphatic rings. The summed E-state index contributed by atoms with van der Waals surface area (Å²) in [6.45, 7) is 3.01. The predicted octanol–water partition coefficient (Wildman–Crippen LogP) is 2.97. The van der Waals surface area contributed by atoms with E-state index in [4.69, 9.17) is 4.74 Å². The van der Waals surface area contributed by atoms with Crippen molar-refractivity contribution < 1.29 is 4.74 Å². The molecule has 0 aromatic rings. The van der Waals surface area contributed by atoms with Crippen molar-refractivity contribution in [1.82, 2.24) is 5.32 Å². The van der Waals surface area contributed by atoms with E-state index in [1.165, 1.54) is 51.4 Å². The molecule has 0 unspecified atom stereocenters. The molecule has 0 amide bonds. The third-order valence-electron chi connectivity index (χ3n) is 4.71. The third kappa shape index (κ3) is 3.69. The van der Waals surface area contributed by atoms with Gasteiger partial charge in [0.05, 0.1) is 6.61 Å². The van der Waals surface area contributed by atoms with Crippen molar-refractivity contribution in [3.8, 4) is 0 Å². The van der Waals surface area contributed by atoms with Gasteiger partial charge in [-0.25, -0.2) is 0 Å². The highest BCUT2D eigenvalue weighted by atomic mass is 16.5. The van der Waals surface area contributed by atoms with Crippen LogP contribution in [0.1, 0.15) is 51.4 Å². The van der Waals surface area contributed by atoms with Crippen LogP contribution in [0.5, 0.6) is 0 Å². The molecule has 0 radical (unpaired) electrons. The molecule has 3 saturated carbocycles. The Hall–Kier alpha value is -0.0800. The average Bonchev–Trinajstić information content (AvgIpc) is 3.25. The summed E-state index contributed by atoms with van der Waals surface area (Å²) in [6, 6.07) is 0.838. The van der Waals surface area contributed by atoms with Crippen molar-refractivity contribution in [3.63, 3.8) is 0 Å². The first-order valence-electron chi connectivity index (χ1n) is 7.74. The molecule has 3 fully saturated rings. The van der Waals surface area contributed by atoms with E-state index in [2.05, 4.69) is 5.32 Å². The second-order valence-electron chi connectivity index (χ2n) is 6.38. The van der Waals surface area contributed by atoms with Crippen LogP contribution >= 0.6 is 0 Å². The van der Waals surface area contributed by atoms with Crippen molar-refractivity contribution in [2.45, 2.75) is 57.4 Å². The third-order valence-corrected chi connectivity index (χ3v) is 4.71. The van der Waals surface area contributed by atoms with E-state index in [1.807, 2.05) is 0 Å². The Kier molecular flexibility index (Phi) is 4.02. The Morgan fingerprint density at radius 2 is 1.59 bits per heavy atom. The van der Waals surface area contributed by atoms with E-state index >= 15 is 0 Å². The summed E-state index contributed by atoms with van der Waals surface area (Å²) in [5.74, 6) is 2.90. The molecule has 3 aliphatic carbocycles. The van der Waals surface area contributed by atoms with Crippen LogP contribution in [-0.4, -0.2) is 25.8 Å². The second kappa shape index (κ2) is 5.71. The summed E-state index contributed by atoms with van der Waals surface area (Å²) in [4.78, 5) is 0. The molecular formula is C15H27NO. The average molecular weight is 237 g/mol. The quantitative estimate of drug-likeness (QED) is 0.655. The zero-order valence-electron chi connectivity index (χ0n) is 11.0. The Bertz CT molecular complexity index is 217. The van der Waals surface area contributed by atoms with Gasteiger partial charge in [0.25, 0.3) is 0 Å². The van der Waals surface area contributed by atoms with Gasteiger partial charge in [0, 0.05) is 19.2 Å². The minimum Gasteiger partial charge on any atom is -0.380 e. The van der Waals surface area contributed by atoms with Crippen LogP contribution in [-0.2, 0) is 4.74 Å². The van der Waals surface area contributed by atoms with Gasteiger partial charge >= 0.3 is 0 Å². The fourth-order valence-corrected chi connectivity index (χ4v) is 3.35. The molecule has 0 bridgehead atoms. The van der Waals surface area contributed by atoms with Crippen LogP contribution in [0.15, 0.2) is 0 Å². The maximum atomic E-state index is 5.81. The molecule has 98 valence electrons. The van der Waals surface area contributed by atoms with Crippen molar-refractivity contribution >= 4 is 0 Å². The molecule has 0 heterocycles. The summed E-state index contributed by atoms with van der Waals surface area (Å²) in [6.07, 6.45) is 11.5. The van der Waals surface area contributed by atoms with Gasteiger partial charge in [0.1, 0.15) is 0 Å². The number of nitrogens with one attached hydrogen (secondary N) is 1. The number of hydrogen-bond donors (Lipinski definition) is 1. The molecule has 0 atom stereocenters. The van der Waals surface area contributed by atoms with E-state index in [0.717, 1.165) is 43.6 Å². The molecule has 0 saturated heterocycles. The minimum absolute atomic E-state index is 0.838. The van der Waals surface area contributed by atoms with Gasteiger partial charge in [-0.05, 0) is 56.3 Å². The Morgan fingerprint density at radius 1 is 0.941 bits per heavy atom. The summed E-state index contributed by atoms with van der Waals surface area (Å²) >= 11 is 0. The molecular weight excluding hydrogens is 210 g/mol. The number of rotatable bonds is 8. The van der Waals surface area contributed by atoms with Crippen molar-refractivity contribution in [3.05, 3.63) is 0 Å². The van der Waals surface area contributed by atoms with Gasteiger partial charge in [-0.15, -0.1) is 0 Å².